The predicted octanol–water partition coefficient (Wildman–Crippen LogP) is 2.29. The maximum absolute atomic E-state index is 12.1. The molecule has 2 heteroatoms. The zero-order valence-electron chi connectivity index (χ0n) is 10.1. The van der Waals surface area contributed by atoms with E-state index in [0.29, 0.717) is 17.6 Å². The molecular weight excluding hydrogens is 210 g/mol. The third-order valence-corrected chi connectivity index (χ3v) is 4.18. The summed E-state index contributed by atoms with van der Waals surface area (Å²) in [5, 5.41) is 3.18. The van der Waals surface area contributed by atoms with Gasteiger partial charge in [-0.2, -0.15) is 0 Å². The number of hydrogen-bond donors (Lipinski definition) is 1. The van der Waals surface area contributed by atoms with Crippen LogP contribution in [0.3, 0.4) is 0 Å². The molecule has 1 saturated heterocycles. The lowest BCUT2D eigenvalue weighted by Gasteiger charge is -2.30. The van der Waals surface area contributed by atoms with E-state index in [1.807, 2.05) is 0 Å². The molecule has 1 aromatic rings. The first-order valence-electron chi connectivity index (χ1n) is 6.66. The van der Waals surface area contributed by atoms with Crippen LogP contribution in [0.5, 0.6) is 0 Å². The van der Waals surface area contributed by atoms with E-state index in [9.17, 15) is 4.79 Å². The van der Waals surface area contributed by atoms with Crippen molar-refractivity contribution >= 4 is 5.78 Å². The smallest absolute Gasteiger partial charge is 0.139 e. The van der Waals surface area contributed by atoms with Crippen molar-refractivity contribution in [3.63, 3.8) is 0 Å². The quantitative estimate of drug-likeness (QED) is 0.861. The second kappa shape index (κ2) is 4.61. The summed E-state index contributed by atoms with van der Waals surface area (Å²) in [6, 6.07) is 8.65. The SMILES string of the molecule is O=C(CC1CCCc2ccccc21)C1CNC1. The maximum atomic E-state index is 12.1. The van der Waals surface area contributed by atoms with Crippen molar-refractivity contribution < 1.29 is 4.79 Å². The van der Waals surface area contributed by atoms with Gasteiger partial charge in [0.1, 0.15) is 5.78 Å². The van der Waals surface area contributed by atoms with Gasteiger partial charge in [-0.15, -0.1) is 0 Å². The minimum Gasteiger partial charge on any atom is -0.315 e. The molecule has 2 nitrogen and oxygen atoms in total. The average molecular weight is 229 g/mol. The van der Waals surface area contributed by atoms with Gasteiger partial charge < -0.3 is 5.32 Å². The molecule has 1 aromatic carbocycles. The molecule has 0 saturated carbocycles. The summed E-state index contributed by atoms with van der Waals surface area (Å²) in [7, 11) is 0. The van der Waals surface area contributed by atoms with Gasteiger partial charge in [-0.3, -0.25) is 4.79 Å². The molecule has 3 rings (SSSR count). The molecule has 90 valence electrons. The van der Waals surface area contributed by atoms with Crippen molar-refractivity contribution in [1.82, 2.24) is 5.32 Å². The molecule has 2 aliphatic rings. The Kier molecular flexibility index (Phi) is 2.98. The molecule has 1 N–H and O–H groups in total. The van der Waals surface area contributed by atoms with Crippen LogP contribution in [-0.4, -0.2) is 18.9 Å². The highest BCUT2D eigenvalue weighted by atomic mass is 16.1. The van der Waals surface area contributed by atoms with Gasteiger partial charge >= 0.3 is 0 Å². The number of hydrogen-bond acceptors (Lipinski definition) is 2. The number of rotatable bonds is 3. The van der Waals surface area contributed by atoms with Crippen molar-refractivity contribution in [2.75, 3.05) is 13.1 Å². The van der Waals surface area contributed by atoms with Crippen LogP contribution in [0.1, 0.15) is 36.3 Å². The van der Waals surface area contributed by atoms with Crippen LogP contribution >= 0.6 is 0 Å². The molecule has 1 unspecified atom stereocenters. The Hall–Kier alpha value is -1.15. The lowest BCUT2D eigenvalue weighted by Crippen LogP contribution is -2.46. The van der Waals surface area contributed by atoms with Crippen molar-refractivity contribution in [1.29, 1.82) is 0 Å². The van der Waals surface area contributed by atoms with Gasteiger partial charge in [0, 0.05) is 25.4 Å². The normalized spacial score (nSPS) is 23.9. The summed E-state index contributed by atoms with van der Waals surface area (Å²) in [5.74, 6) is 1.24. The Morgan fingerprint density at radius 2 is 2.12 bits per heavy atom. The molecule has 1 heterocycles. The zero-order valence-corrected chi connectivity index (χ0v) is 10.1. The number of carbonyl (C=O) groups is 1. The highest BCUT2D eigenvalue weighted by molar-refractivity contribution is 5.83. The fraction of sp³-hybridized carbons (Fsp3) is 0.533. The van der Waals surface area contributed by atoms with Gasteiger partial charge in [0.05, 0.1) is 0 Å². The van der Waals surface area contributed by atoms with E-state index >= 15 is 0 Å². The number of ketones is 1. The minimum atomic E-state index is 0.295. The van der Waals surface area contributed by atoms with Gasteiger partial charge in [-0.25, -0.2) is 0 Å². The van der Waals surface area contributed by atoms with E-state index in [1.54, 1.807) is 0 Å². The lowest BCUT2D eigenvalue weighted by molar-refractivity contribution is -0.124. The summed E-state index contributed by atoms with van der Waals surface area (Å²) in [6.07, 6.45) is 4.36. The first kappa shape index (κ1) is 11.0. The van der Waals surface area contributed by atoms with Crippen LogP contribution in [0.15, 0.2) is 24.3 Å². The topological polar surface area (TPSA) is 29.1 Å². The Bertz CT molecular complexity index is 423. The van der Waals surface area contributed by atoms with Crippen LogP contribution < -0.4 is 5.32 Å². The number of Topliss-reactive ketones (excluding diaryl/α,β-unsaturated/α-hetero) is 1. The summed E-state index contributed by atoms with van der Waals surface area (Å²) in [5.41, 5.74) is 2.89. The number of benzene rings is 1. The maximum Gasteiger partial charge on any atom is 0.139 e. The Labute approximate surface area is 102 Å². The van der Waals surface area contributed by atoms with E-state index in [0.717, 1.165) is 19.5 Å². The minimum absolute atomic E-state index is 0.295. The second-order valence-corrected chi connectivity index (χ2v) is 5.31. The van der Waals surface area contributed by atoms with Gasteiger partial charge in [0.25, 0.3) is 0 Å². The summed E-state index contributed by atoms with van der Waals surface area (Å²) in [6.45, 7) is 1.79. The molecule has 1 atom stereocenters. The highest BCUT2D eigenvalue weighted by Gasteiger charge is 2.29. The Balaban J connectivity index is 1.73. The fourth-order valence-electron chi connectivity index (χ4n) is 2.99. The molecule has 0 radical (unpaired) electrons. The van der Waals surface area contributed by atoms with Crippen LogP contribution in [-0.2, 0) is 11.2 Å². The van der Waals surface area contributed by atoms with E-state index < -0.39 is 0 Å². The van der Waals surface area contributed by atoms with Crippen LogP contribution in [0.4, 0.5) is 0 Å². The highest BCUT2D eigenvalue weighted by Crippen LogP contribution is 2.34. The van der Waals surface area contributed by atoms with Gasteiger partial charge in [-0.05, 0) is 36.3 Å². The first-order chi connectivity index (χ1) is 8.34. The third-order valence-electron chi connectivity index (χ3n) is 4.18. The summed E-state index contributed by atoms with van der Waals surface area (Å²) < 4.78 is 0. The standard InChI is InChI=1S/C15H19NO/c17-15(13-9-16-10-13)8-12-6-3-5-11-4-1-2-7-14(11)12/h1-2,4,7,12-13,16H,3,5-6,8-10H2. The fourth-order valence-corrected chi connectivity index (χ4v) is 2.99. The van der Waals surface area contributed by atoms with Gasteiger partial charge in [0.2, 0.25) is 0 Å². The van der Waals surface area contributed by atoms with E-state index in [-0.39, 0.29) is 0 Å². The molecule has 0 bridgehead atoms. The monoisotopic (exact) mass is 229 g/mol. The zero-order chi connectivity index (χ0) is 11.7. The molecular formula is C15H19NO. The van der Waals surface area contributed by atoms with Gasteiger partial charge in [0.15, 0.2) is 0 Å². The van der Waals surface area contributed by atoms with E-state index in [1.165, 1.54) is 30.4 Å². The predicted molar refractivity (Wildman–Crippen MR) is 68.1 cm³/mol. The number of aryl methyl sites for hydroxylation is 1. The molecule has 0 aromatic heterocycles. The molecule has 0 amide bonds. The molecule has 17 heavy (non-hydrogen) atoms. The summed E-state index contributed by atoms with van der Waals surface area (Å²) >= 11 is 0. The second-order valence-electron chi connectivity index (χ2n) is 5.31. The van der Waals surface area contributed by atoms with Crippen LogP contribution in [0.2, 0.25) is 0 Å². The summed E-state index contributed by atoms with van der Waals surface area (Å²) in [4.78, 5) is 12.1. The number of nitrogens with one attached hydrogen (secondary N) is 1. The van der Waals surface area contributed by atoms with Crippen LogP contribution in [0, 0.1) is 5.92 Å². The average Bonchev–Trinajstić information content (AvgIpc) is 2.27. The molecule has 1 aliphatic carbocycles. The van der Waals surface area contributed by atoms with Crippen molar-refractivity contribution in [3.8, 4) is 0 Å². The molecule has 1 fully saturated rings. The Morgan fingerprint density at radius 3 is 2.88 bits per heavy atom. The van der Waals surface area contributed by atoms with Crippen LogP contribution in [0.25, 0.3) is 0 Å². The lowest BCUT2D eigenvalue weighted by atomic mass is 9.78. The van der Waals surface area contributed by atoms with Gasteiger partial charge in [-0.1, -0.05) is 24.3 Å². The number of carbonyl (C=O) groups excluding carboxylic acids is 1. The third kappa shape index (κ3) is 2.14. The Morgan fingerprint density at radius 1 is 1.29 bits per heavy atom. The molecule has 1 aliphatic heterocycles. The van der Waals surface area contributed by atoms with Crippen molar-refractivity contribution in [3.05, 3.63) is 35.4 Å². The largest absolute Gasteiger partial charge is 0.315 e. The van der Waals surface area contributed by atoms with Crippen molar-refractivity contribution in [2.45, 2.75) is 31.6 Å². The number of fused-ring (bicyclic) bond motifs is 1. The van der Waals surface area contributed by atoms with E-state index in [4.69, 9.17) is 0 Å². The van der Waals surface area contributed by atoms with E-state index in [2.05, 4.69) is 29.6 Å². The molecule has 0 spiro atoms. The van der Waals surface area contributed by atoms with Crippen molar-refractivity contribution in [2.24, 2.45) is 5.92 Å². The first-order valence-corrected chi connectivity index (χ1v) is 6.66.